The molecule has 3 aromatic rings. The molecule has 0 saturated carbocycles. The molecule has 0 aliphatic carbocycles. The Hall–Kier alpha value is -3.48. The van der Waals surface area contributed by atoms with E-state index >= 15 is 0 Å². The third kappa shape index (κ3) is 4.09. The molecule has 1 N–H and O–H groups in total. The molecule has 2 heterocycles. The van der Waals surface area contributed by atoms with Gasteiger partial charge in [-0.1, -0.05) is 32.0 Å². The molecule has 3 rings (SSSR count). The van der Waals surface area contributed by atoms with E-state index in [2.05, 4.69) is 20.1 Å². The second-order valence-corrected chi connectivity index (χ2v) is 6.57. The molecule has 1 amide bonds. The van der Waals surface area contributed by atoms with Gasteiger partial charge in [0.15, 0.2) is 5.82 Å². The zero-order valence-electron chi connectivity index (χ0n) is 16.0. The van der Waals surface area contributed by atoms with Crippen LogP contribution in [0.1, 0.15) is 51.7 Å². The number of hydrogen-bond acceptors (Lipinski definition) is 5. The number of carbonyl (C=O) groups excluding carboxylic acids is 2. The Balaban J connectivity index is 1.76. The van der Waals surface area contributed by atoms with E-state index < -0.39 is 0 Å². The number of carbonyl (C=O) groups is 2. The van der Waals surface area contributed by atoms with Gasteiger partial charge in [-0.3, -0.25) is 4.79 Å². The number of hydrogen-bond donors (Lipinski definition) is 1. The van der Waals surface area contributed by atoms with Gasteiger partial charge in [-0.25, -0.2) is 14.5 Å². The highest BCUT2D eigenvalue weighted by Gasteiger charge is 2.21. The summed E-state index contributed by atoms with van der Waals surface area (Å²) in [5, 5.41) is 7.28. The van der Waals surface area contributed by atoms with Crippen molar-refractivity contribution in [2.75, 3.05) is 7.11 Å². The van der Waals surface area contributed by atoms with E-state index in [9.17, 15) is 9.59 Å². The fourth-order valence-electron chi connectivity index (χ4n) is 2.90. The Morgan fingerprint density at radius 1 is 1.14 bits per heavy atom. The van der Waals surface area contributed by atoms with Crippen LogP contribution in [0, 0.1) is 0 Å². The molecular weight excluding hydrogens is 356 g/mol. The number of methoxy groups -OCH3 is 1. The van der Waals surface area contributed by atoms with E-state index in [-0.39, 0.29) is 17.8 Å². The molecule has 0 spiro atoms. The van der Waals surface area contributed by atoms with Crippen molar-refractivity contribution in [2.24, 2.45) is 0 Å². The Morgan fingerprint density at radius 2 is 1.89 bits per heavy atom. The minimum Gasteiger partial charge on any atom is -0.465 e. The standard InChI is InChI=1S/C21H22N4O3/c1-14(2)19-17(13-24-25(19)18-6-4-5-11-22-18)20(26)23-12-15-7-9-16(10-8-15)21(27)28-3/h4-11,13-14H,12H2,1-3H3,(H,23,26). The van der Waals surface area contributed by atoms with Crippen molar-refractivity contribution < 1.29 is 14.3 Å². The molecule has 0 saturated heterocycles. The van der Waals surface area contributed by atoms with Crippen molar-refractivity contribution in [2.45, 2.75) is 26.3 Å². The van der Waals surface area contributed by atoms with E-state index in [0.717, 1.165) is 11.3 Å². The van der Waals surface area contributed by atoms with Gasteiger partial charge < -0.3 is 10.1 Å². The zero-order valence-corrected chi connectivity index (χ0v) is 16.0. The van der Waals surface area contributed by atoms with Gasteiger partial charge in [0, 0.05) is 12.7 Å². The van der Waals surface area contributed by atoms with Crippen LogP contribution in [-0.2, 0) is 11.3 Å². The monoisotopic (exact) mass is 378 g/mol. The van der Waals surface area contributed by atoms with E-state index in [4.69, 9.17) is 0 Å². The Kier molecular flexibility index (Phi) is 5.84. The smallest absolute Gasteiger partial charge is 0.337 e. The molecule has 1 aromatic carbocycles. The zero-order chi connectivity index (χ0) is 20.1. The highest BCUT2D eigenvalue weighted by molar-refractivity contribution is 5.95. The lowest BCUT2D eigenvalue weighted by molar-refractivity contribution is 0.0600. The van der Waals surface area contributed by atoms with Gasteiger partial charge in [0.2, 0.25) is 0 Å². The minimum absolute atomic E-state index is 0.0876. The molecular formula is C21H22N4O3. The van der Waals surface area contributed by atoms with Gasteiger partial charge in [-0.2, -0.15) is 5.10 Å². The molecule has 0 bridgehead atoms. The van der Waals surface area contributed by atoms with Crippen LogP contribution in [0.4, 0.5) is 0 Å². The quantitative estimate of drug-likeness (QED) is 0.666. The summed E-state index contributed by atoms with van der Waals surface area (Å²) in [4.78, 5) is 28.6. The number of benzene rings is 1. The van der Waals surface area contributed by atoms with E-state index in [1.165, 1.54) is 7.11 Å². The van der Waals surface area contributed by atoms with E-state index in [0.29, 0.717) is 23.5 Å². The highest BCUT2D eigenvalue weighted by Crippen LogP contribution is 2.22. The number of nitrogens with zero attached hydrogens (tertiary/aromatic N) is 3. The number of amides is 1. The van der Waals surface area contributed by atoms with Gasteiger partial charge >= 0.3 is 5.97 Å². The Morgan fingerprint density at radius 3 is 2.50 bits per heavy atom. The van der Waals surface area contributed by atoms with Crippen LogP contribution in [0.3, 0.4) is 0 Å². The lowest BCUT2D eigenvalue weighted by atomic mass is 10.1. The summed E-state index contributed by atoms with van der Waals surface area (Å²) in [5.41, 5.74) is 2.67. The van der Waals surface area contributed by atoms with Crippen molar-refractivity contribution in [3.05, 3.63) is 77.2 Å². The number of rotatable bonds is 6. The van der Waals surface area contributed by atoms with Gasteiger partial charge in [-0.05, 0) is 35.7 Å². The second-order valence-electron chi connectivity index (χ2n) is 6.57. The maximum Gasteiger partial charge on any atom is 0.337 e. The summed E-state index contributed by atoms with van der Waals surface area (Å²) in [7, 11) is 1.34. The normalized spacial score (nSPS) is 10.7. The molecule has 0 unspecified atom stereocenters. The van der Waals surface area contributed by atoms with Crippen molar-refractivity contribution in [3.63, 3.8) is 0 Å². The molecule has 0 atom stereocenters. The number of nitrogens with one attached hydrogen (secondary N) is 1. The number of aromatic nitrogens is 3. The van der Waals surface area contributed by atoms with Gasteiger partial charge in [0.05, 0.1) is 30.1 Å². The van der Waals surface area contributed by atoms with Crippen molar-refractivity contribution >= 4 is 11.9 Å². The van der Waals surface area contributed by atoms with Crippen LogP contribution in [0.5, 0.6) is 0 Å². The van der Waals surface area contributed by atoms with Crippen LogP contribution in [0.15, 0.2) is 54.9 Å². The predicted molar refractivity (Wildman–Crippen MR) is 104 cm³/mol. The number of ether oxygens (including phenoxy) is 1. The molecule has 28 heavy (non-hydrogen) atoms. The van der Waals surface area contributed by atoms with Crippen molar-refractivity contribution in [1.82, 2.24) is 20.1 Å². The summed E-state index contributed by atoms with van der Waals surface area (Å²) in [5.74, 6) is 0.162. The third-order valence-corrected chi connectivity index (χ3v) is 4.29. The number of esters is 1. The summed E-state index contributed by atoms with van der Waals surface area (Å²) in [6.07, 6.45) is 3.26. The molecule has 7 nitrogen and oxygen atoms in total. The summed E-state index contributed by atoms with van der Waals surface area (Å²) < 4.78 is 6.38. The second kappa shape index (κ2) is 8.47. The van der Waals surface area contributed by atoms with E-state index in [1.54, 1.807) is 41.3 Å². The Labute approximate surface area is 163 Å². The topological polar surface area (TPSA) is 86.1 Å². The predicted octanol–water partition coefficient (Wildman–Crippen LogP) is 3.11. The maximum absolute atomic E-state index is 12.8. The van der Waals surface area contributed by atoms with Crippen molar-refractivity contribution in [3.8, 4) is 5.82 Å². The average Bonchev–Trinajstić information content (AvgIpc) is 3.18. The highest BCUT2D eigenvalue weighted by atomic mass is 16.5. The summed E-state index contributed by atoms with van der Waals surface area (Å²) in [6, 6.07) is 12.5. The van der Waals surface area contributed by atoms with Crippen molar-refractivity contribution in [1.29, 1.82) is 0 Å². The lowest BCUT2D eigenvalue weighted by Crippen LogP contribution is -2.24. The first-order valence-electron chi connectivity index (χ1n) is 8.96. The van der Waals surface area contributed by atoms with Crippen LogP contribution >= 0.6 is 0 Å². The summed E-state index contributed by atoms with van der Waals surface area (Å²) in [6.45, 7) is 4.37. The lowest BCUT2D eigenvalue weighted by Gasteiger charge is -2.12. The maximum atomic E-state index is 12.8. The minimum atomic E-state index is -0.390. The fourth-order valence-corrected chi connectivity index (χ4v) is 2.90. The van der Waals surface area contributed by atoms with Crippen LogP contribution < -0.4 is 5.32 Å². The molecule has 0 aliphatic heterocycles. The Bertz CT molecular complexity index is 963. The first kappa shape index (κ1) is 19.3. The van der Waals surface area contributed by atoms with Crippen LogP contribution in [0.25, 0.3) is 5.82 Å². The largest absolute Gasteiger partial charge is 0.465 e. The van der Waals surface area contributed by atoms with Gasteiger partial charge in [0.25, 0.3) is 5.91 Å². The van der Waals surface area contributed by atoms with E-state index in [1.807, 2.05) is 32.0 Å². The molecule has 144 valence electrons. The molecule has 7 heteroatoms. The average molecular weight is 378 g/mol. The third-order valence-electron chi connectivity index (χ3n) is 4.29. The summed E-state index contributed by atoms with van der Waals surface area (Å²) >= 11 is 0. The van der Waals surface area contributed by atoms with Crippen LogP contribution in [-0.4, -0.2) is 33.8 Å². The first-order chi connectivity index (χ1) is 13.5. The van der Waals surface area contributed by atoms with Crippen LogP contribution in [0.2, 0.25) is 0 Å². The molecule has 0 aliphatic rings. The SMILES string of the molecule is COC(=O)c1ccc(CNC(=O)c2cnn(-c3ccccn3)c2C(C)C)cc1. The molecule has 0 radical (unpaired) electrons. The fraction of sp³-hybridized carbons (Fsp3) is 0.238. The molecule has 2 aromatic heterocycles. The first-order valence-corrected chi connectivity index (χ1v) is 8.96. The number of pyridine rings is 1. The molecule has 0 fully saturated rings. The van der Waals surface area contributed by atoms with Gasteiger partial charge in [-0.15, -0.1) is 0 Å². The van der Waals surface area contributed by atoms with Gasteiger partial charge in [0.1, 0.15) is 0 Å².